The molecule has 0 aliphatic carbocycles. The minimum Gasteiger partial charge on any atom is -0.312 e. The van der Waals surface area contributed by atoms with Gasteiger partial charge in [0.05, 0.1) is 0 Å². The number of allylic oxidation sites excluding steroid dienone is 3. The lowest BCUT2D eigenvalue weighted by molar-refractivity contribution is -0.114. The number of amides is 1. The van der Waals surface area contributed by atoms with Crippen LogP contribution < -0.4 is 4.90 Å². The number of anilines is 1. The van der Waals surface area contributed by atoms with Gasteiger partial charge in [-0.1, -0.05) is 17.7 Å². The third-order valence-electron chi connectivity index (χ3n) is 2.62. The molecule has 0 saturated carbocycles. The number of rotatable bonds is 5. The van der Waals surface area contributed by atoms with E-state index in [1.165, 1.54) is 43.1 Å². The Kier molecular flexibility index (Phi) is 9.51. The van der Waals surface area contributed by atoms with Crippen LogP contribution in [-0.2, 0) is 19.2 Å². The third kappa shape index (κ3) is 9.68. The second-order valence-electron chi connectivity index (χ2n) is 4.78. The zero-order chi connectivity index (χ0) is 17.8. The number of ketones is 2. The number of nitrogens with zero attached hydrogens (tertiary/aromatic N) is 1. The van der Waals surface area contributed by atoms with E-state index < -0.39 is 0 Å². The summed E-state index contributed by atoms with van der Waals surface area (Å²) in [6, 6.07) is 7.59. The Labute approximate surface area is 136 Å². The first-order valence-electron chi connectivity index (χ1n) is 6.93. The molecule has 1 aromatic carbocycles. The fourth-order valence-electron chi connectivity index (χ4n) is 1.36. The zero-order valence-electron chi connectivity index (χ0n) is 13.8. The summed E-state index contributed by atoms with van der Waals surface area (Å²) in [7, 11) is 1.67. The minimum atomic E-state index is -0.217. The van der Waals surface area contributed by atoms with E-state index >= 15 is 0 Å². The molecule has 1 amide bonds. The highest BCUT2D eigenvalue weighted by Gasteiger charge is 2.06. The van der Waals surface area contributed by atoms with Crippen LogP contribution >= 0.6 is 0 Å². The summed E-state index contributed by atoms with van der Waals surface area (Å²) in [4.78, 5) is 43.2. The van der Waals surface area contributed by atoms with Crippen molar-refractivity contribution in [2.24, 2.45) is 0 Å². The molecular formula is C18H21NO4. The molecule has 0 spiro atoms. The third-order valence-corrected chi connectivity index (χ3v) is 2.62. The molecule has 0 aromatic heterocycles. The number of aldehydes is 1. The van der Waals surface area contributed by atoms with Crippen LogP contribution in [0.4, 0.5) is 5.69 Å². The fourth-order valence-corrected chi connectivity index (χ4v) is 1.36. The van der Waals surface area contributed by atoms with Gasteiger partial charge in [-0.05, 0) is 51.1 Å². The second-order valence-corrected chi connectivity index (χ2v) is 4.78. The number of benzene rings is 1. The minimum absolute atomic E-state index is 0.0970. The summed E-state index contributed by atoms with van der Waals surface area (Å²) in [5.74, 6) is -0.411. The fraction of sp³-hybridized carbons (Fsp3) is 0.222. The molecule has 5 nitrogen and oxygen atoms in total. The van der Waals surface area contributed by atoms with Crippen LogP contribution in [0.1, 0.15) is 19.4 Å². The van der Waals surface area contributed by atoms with E-state index in [1.54, 1.807) is 7.05 Å². The van der Waals surface area contributed by atoms with E-state index in [4.69, 9.17) is 0 Å². The number of hydrogen-bond acceptors (Lipinski definition) is 4. The first-order valence-corrected chi connectivity index (χ1v) is 6.93. The van der Waals surface area contributed by atoms with E-state index in [0.29, 0.717) is 6.29 Å². The molecule has 0 saturated heterocycles. The average molecular weight is 315 g/mol. The maximum absolute atomic E-state index is 11.5. The van der Waals surface area contributed by atoms with Crippen LogP contribution in [0.5, 0.6) is 0 Å². The second kappa shape index (κ2) is 10.8. The Balaban J connectivity index is 0.000000515. The van der Waals surface area contributed by atoms with Crippen molar-refractivity contribution in [3.63, 3.8) is 0 Å². The highest BCUT2D eigenvalue weighted by Crippen LogP contribution is 2.13. The van der Waals surface area contributed by atoms with Gasteiger partial charge in [-0.2, -0.15) is 0 Å². The van der Waals surface area contributed by atoms with E-state index in [0.717, 1.165) is 11.3 Å². The van der Waals surface area contributed by atoms with Crippen LogP contribution in [0.15, 0.2) is 48.6 Å². The SMILES string of the molecule is CC(=O)/C=C\C(C)=O.Cc1ccc(N(C)C(=O)/C=C\C=O)cc1. The quantitative estimate of drug-likeness (QED) is 0.618. The number of carbonyl (C=O) groups is 4. The summed E-state index contributed by atoms with van der Waals surface area (Å²) in [5, 5.41) is 0. The molecule has 0 radical (unpaired) electrons. The van der Waals surface area contributed by atoms with Crippen molar-refractivity contribution in [3.05, 3.63) is 54.1 Å². The monoisotopic (exact) mass is 315 g/mol. The van der Waals surface area contributed by atoms with Gasteiger partial charge in [0, 0.05) is 18.8 Å². The molecule has 5 heteroatoms. The van der Waals surface area contributed by atoms with Gasteiger partial charge >= 0.3 is 0 Å². The van der Waals surface area contributed by atoms with Crippen LogP contribution in [-0.4, -0.2) is 30.8 Å². The Morgan fingerprint density at radius 2 is 1.39 bits per heavy atom. The van der Waals surface area contributed by atoms with Crippen molar-refractivity contribution >= 4 is 29.4 Å². The standard InChI is InChI=1S/C12H13NO2.C6H8O2/c1-10-5-7-11(8-6-10)13(2)12(15)4-3-9-14;1-5(7)3-4-6(2)8/h3-9H,1-2H3;3-4H,1-2H3/b2*4-3-. The van der Waals surface area contributed by atoms with Gasteiger partial charge in [0.25, 0.3) is 5.91 Å². The topological polar surface area (TPSA) is 71.5 Å². The van der Waals surface area contributed by atoms with E-state index in [9.17, 15) is 19.2 Å². The van der Waals surface area contributed by atoms with Crippen LogP contribution in [0.2, 0.25) is 0 Å². The average Bonchev–Trinajstić information content (AvgIpc) is 2.51. The molecule has 0 bridgehead atoms. The highest BCUT2D eigenvalue weighted by molar-refractivity contribution is 6.02. The van der Waals surface area contributed by atoms with Crippen molar-refractivity contribution in [3.8, 4) is 0 Å². The normalized spacial score (nSPS) is 10.1. The maximum atomic E-state index is 11.5. The number of aryl methyl sites for hydroxylation is 1. The van der Waals surface area contributed by atoms with Crippen molar-refractivity contribution in [1.29, 1.82) is 0 Å². The molecule has 122 valence electrons. The Bertz CT molecular complexity index is 596. The molecule has 1 rings (SSSR count). The van der Waals surface area contributed by atoms with Crippen LogP contribution in [0.25, 0.3) is 0 Å². The van der Waals surface area contributed by atoms with Gasteiger partial charge in [-0.25, -0.2) is 0 Å². The summed E-state index contributed by atoms with van der Waals surface area (Å²) in [5.41, 5.74) is 1.95. The predicted molar refractivity (Wildman–Crippen MR) is 90.3 cm³/mol. The van der Waals surface area contributed by atoms with Gasteiger partial charge < -0.3 is 4.90 Å². The van der Waals surface area contributed by atoms with Crippen molar-refractivity contribution in [2.45, 2.75) is 20.8 Å². The predicted octanol–water partition coefficient (Wildman–Crippen LogP) is 2.43. The van der Waals surface area contributed by atoms with Crippen molar-refractivity contribution < 1.29 is 19.2 Å². The van der Waals surface area contributed by atoms with Gasteiger partial charge in [0.2, 0.25) is 0 Å². The van der Waals surface area contributed by atoms with Crippen LogP contribution in [0.3, 0.4) is 0 Å². The highest BCUT2D eigenvalue weighted by atomic mass is 16.2. The molecule has 0 heterocycles. The molecule has 1 aromatic rings. The number of likely N-dealkylation sites (N-methyl/N-ethyl adjacent to an activating group) is 1. The first-order chi connectivity index (χ1) is 10.8. The van der Waals surface area contributed by atoms with Crippen LogP contribution in [0, 0.1) is 6.92 Å². The molecule has 23 heavy (non-hydrogen) atoms. The van der Waals surface area contributed by atoms with Crippen molar-refractivity contribution in [2.75, 3.05) is 11.9 Å². The summed E-state index contributed by atoms with van der Waals surface area (Å²) in [6.07, 6.45) is 5.52. The Morgan fingerprint density at radius 1 is 0.913 bits per heavy atom. The number of carbonyl (C=O) groups excluding carboxylic acids is 4. The largest absolute Gasteiger partial charge is 0.312 e. The summed E-state index contributed by atoms with van der Waals surface area (Å²) >= 11 is 0. The lowest BCUT2D eigenvalue weighted by Gasteiger charge is -2.15. The Morgan fingerprint density at radius 3 is 1.78 bits per heavy atom. The van der Waals surface area contributed by atoms with E-state index in [1.807, 2.05) is 31.2 Å². The molecule has 0 fully saturated rings. The van der Waals surface area contributed by atoms with Gasteiger partial charge in [-0.15, -0.1) is 0 Å². The van der Waals surface area contributed by atoms with Gasteiger partial charge in [0.15, 0.2) is 11.6 Å². The summed E-state index contributed by atoms with van der Waals surface area (Å²) < 4.78 is 0. The van der Waals surface area contributed by atoms with Gasteiger partial charge in [0.1, 0.15) is 6.29 Å². The Hall–Kier alpha value is -2.82. The van der Waals surface area contributed by atoms with E-state index in [-0.39, 0.29) is 17.5 Å². The molecular weight excluding hydrogens is 294 g/mol. The van der Waals surface area contributed by atoms with Crippen molar-refractivity contribution in [1.82, 2.24) is 0 Å². The smallest absolute Gasteiger partial charge is 0.250 e. The maximum Gasteiger partial charge on any atom is 0.250 e. The molecule has 0 aliphatic heterocycles. The van der Waals surface area contributed by atoms with E-state index in [2.05, 4.69) is 0 Å². The zero-order valence-corrected chi connectivity index (χ0v) is 13.8. The lowest BCUT2D eigenvalue weighted by atomic mass is 10.2. The lowest BCUT2D eigenvalue weighted by Crippen LogP contribution is -2.23. The number of hydrogen-bond donors (Lipinski definition) is 0. The molecule has 0 unspecified atom stereocenters. The molecule has 0 aliphatic rings. The molecule has 0 N–H and O–H groups in total. The summed E-state index contributed by atoms with van der Waals surface area (Å²) in [6.45, 7) is 4.79. The van der Waals surface area contributed by atoms with Gasteiger partial charge in [-0.3, -0.25) is 19.2 Å². The first kappa shape index (κ1) is 20.2. The molecule has 0 atom stereocenters.